The zero-order valence-corrected chi connectivity index (χ0v) is 12.5. The van der Waals surface area contributed by atoms with Gasteiger partial charge in [-0.3, -0.25) is 0 Å². The molecule has 2 aromatic carbocycles. The summed E-state index contributed by atoms with van der Waals surface area (Å²) in [4.78, 5) is 4.06. The quantitative estimate of drug-likeness (QED) is 0.766. The third-order valence-electron chi connectivity index (χ3n) is 3.64. The van der Waals surface area contributed by atoms with Crippen LogP contribution in [0.4, 0.5) is 5.82 Å². The van der Waals surface area contributed by atoms with Crippen LogP contribution in [0.5, 0.6) is 0 Å². The Morgan fingerprint density at radius 1 is 0.955 bits per heavy atom. The van der Waals surface area contributed by atoms with E-state index in [1.807, 2.05) is 18.2 Å². The summed E-state index contributed by atoms with van der Waals surface area (Å²) in [7, 11) is 0. The zero-order chi connectivity index (χ0) is 15.4. The highest BCUT2D eigenvalue weighted by molar-refractivity contribution is 5.92. The Bertz CT molecular complexity index is 805. The van der Waals surface area contributed by atoms with Crippen molar-refractivity contribution in [1.82, 2.24) is 4.98 Å². The number of nitrogen functional groups attached to an aromatic ring is 1. The molecule has 2 nitrogen and oxygen atoms in total. The van der Waals surface area contributed by atoms with E-state index in [4.69, 9.17) is 5.73 Å². The smallest absolute Gasteiger partial charge is 0.123 e. The second kappa shape index (κ2) is 6.27. The van der Waals surface area contributed by atoms with Gasteiger partial charge in [-0.25, -0.2) is 4.98 Å². The molecule has 0 unspecified atom stereocenters. The molecule has 0 bridgehead atoms. The van der Waals surface area contributed by atoms with Crippen molar-refractivity contribution in [2.45, 2.75) is 6.92 Å². The van der Waals surface area contributed by atoms with Crippen LogP contribution < -0.4 is 5.73 Å². The predicted molar refractivity (Wildman–Crippen MR) is 93.2 cm³/mol. The number of aryl methyl sites for hydroxylation is 1. The molecule has 0 saturated carbocycles. The van der Waals surface area contributed by atoms with Crippen LogP contribution in [0.2, 0.25) is 0 Å². The van der Waals surface area contributed by atoms with E-state index in [0.29, 0.717) is 5.82 Å². The standard InChI is InChI=1S/C20H18N2/c1-15-7-5-6-10-18(15)19(17-8-3-2-4-9-17)13-16-11-12-22-20(21)14-16/h2-14H,1H3,(H2,21,22). The normalized spacial score (nSPS) is 11.4. The Hall–Kier alpha value is -2.87. The Morgan fingerprint density at radius 3 is 2.41 bits per heavy atom. The van der Waals surface area contributed by atoms with Crippen LogP contribution in [0.15, 0.2) is 72.9 Å². The van der Waals surface area contributed by atoms with Gasteiger partial charge in [0.15, 0.2) is 0 Å². The molecular formula is C20H18N2. The van der Waals surface area contributed by atoms with Gasteiger partial charge in [-0.1, -0.05) is 54.6 Å². The van der Waals surface area contributed by atoms with E-state index in [0.717, 1.165) is 5.56 Å². The van der Waals surface area contributed by atoms with Crippen molar-refractivity contribution in [2.75, 3.05) is 5.73 Å². The number of pyridine rings is 1. The van der Waals surface area contributed by atoms with Gasteiger partial charge in [0, 0.05) is 6.20 Å². The molecule has 22 heavy (non-hydrogen) atoms. The van der Waals surface area contributed by atoms with Gasteiger partial charge in [-0.2, -0.15) is 0 Å². The van der Waals surface area contributed by atoms with Gasteiger partial charge in [0.1, 0.15) is 5.82 Å². The fourth-order valence-corrected chi connectivity index (χ4v) is 2.53. The first kappa shape index (κ1) is 14.1. The van der Waals surface area contributed by atoms with Gasteiger partial charge in [-0.15, -0.1) is 0 Å². The van der Waals surface area contributed by atoms with Crippen LogP contribution in [-0.2, 0) is 0 Å². The van der Waals surface area contributed by atoms with E-state index in [9.17, 15) is 0 Å². The van der Waals surface area contributed by atoms with Crippen LogP contribution >= 0.6 is 0 Å². The molecular weight excluding hydrogens is 268 g/mol. The van der Waals surface area contributed by atoms with E-state index < -0.39 is 0 Å². The van der Waals surface area contributed by atoms with E-state index in [2.05, 4.69) is 66.5 Å². The van der Waals surface area contributed by atoms with Gasteiger partial charge in [0.25, 0.3) is 0 Å². The molecule has 0 spiro atoms. The highest BCUT2D eigenvalue weighted by atomic mass is 14.8. The van der Waals surface area contributed by atoms with Gasteiger partial charge in [-0.05, 0) is 53.0 Å². The third kappa shape index (κ3) is 3.07. The summed E-state index contributed by atoms with van der Waals surface area (Å²) in [6, 6.07) is 22.7. The van der Waals surface area contributed by atoms with E-state index in [1.165, 1.54) is 22.3 Å². The second-order valence-electron chi connectivity index (χ2n) is 5.25. The summed E-state index contributed by atoms with van der Waals surface area (Å²) in [5, 5.41) is 0. The number of benzene rings is 2. The summed E-state index contributed by atoms with van der Waals surface area (Å²) in [5.74, 6) is 0.533. The minimum absolute atomic E-state index is 0.533. The molecule has 2 heteroatoms. The van der Waals surface area contributed by atoms with E-state index in [-0.39, 0.29) is 0 Å². The monoisotopic (exact) mass is 286 g/mol. The van der Waals surface area contributed by atoms with Gasteiger partial charge in [0.2, 0.25) is 0 Å². The van der Waals surface area contributed by atoms with Gasteiger partial charge in [0.05, 0.1) is 0 Å². The average molecular weight is 286 g/mol. The zero-order valence-electron chi connectivity index (χ0n) is 12.5. The van der Waals surface area contributed by atoms with Crippen LogP contribution in [-0.4, -0.2) is 4.98 Å². The Morgan fingerprint density at radius 2 is 1.68 bits per heavy atom. The number of aromatic nitrogens is 1. The number of hydrogen-bond donors (Lipinski definition) is 1. The molecule has 0 aliphatic heterocycles. The van der Waals surface area contributed by atoms with Crippen molar-refractivity contribution in [3.8, 4) is 0 Å². The lowest BCUT2D eigenvalue weighted by Crippen LogP contribution is -1.93. The summed E-state index contributed by atoms with van der Waals surface area (Å²) >= 11 is 0. The highest BCUT2D eigenvalue weighted by Crippen LogP contribution is 2.28. The minimum atomic E-state index is 0.533. The maximum absolute atomic E-state index is 5.80. The molecule has 1 aromatic heterocycles. The molecule has 0 saturated heterocycles. The van der Waals surface area contributed by atoms with Gasteiger partial charge < -0.3 is 5.73 Å². The number of nitrogens with zero attached hydrogens (tertiary/aromatic N) is 1. The molecule has 3 rings (SSSR count). The lowest BCUT2D eigenvalue weighted by molar-refractivity contribution is 1.33. The number of rotatable bonds is 3. The second-order valence-corrected chi connectivity index (χ2v) is 5.25. The molecule has 3 aromatic rings. The van der Waals surface area contributed by atoms with Gasteiger partial charge >= 0.3 is 0 Å². The summed E-state index contributed by atoms with van der Waals surface area (Å²) in [6.45, 7) is 2.13. The molecule has 2 N–H and O–H groups in total. The van der Waals surface area contributed by atoms with Crippen LogP contribution in [0.25, 0.3) is 11.6 Å². The Kier molecular flexibility index (Phi) is 4.01. The van der Waals surface area contributed by atoms with E-state index in [1.54, 1.807) is 6.20 Å². The first-order valence-corrected chi connectivity index (χ1v) is 7.29. The lowest BCUT2D eigenvalue weighted by atomic mass is 9.93. The molecule has 0 radical (unpaired) electrons. The summed E-state index contributed by atoms with van der Waals surface area (Å²) < 4.78 is 0. The summed E-state index contributed by atoms with van der Waals surface area (Å²) in [5.41, 5.74) is 11.7. The average Bonchev–Trinajstić information content (AvgIpc) is 2.54. The first-order chi connectivity index (χ1) is 10.7. The van der Waals surface area contributed by atoms with Crippen molar-refractivity contribution in [3.05, 3.63) is 95.2 Å². The van der Waals surface area contributed by atoms with Crippen molar-refractivity contribution in [1.29, 1.82) is 0 Å². The third-order valence-corrected chi connectivity index (χ3v) is 3.64. The van der Waals surface area contributed by atoms with Crippen LogP contribution in [0.1, 0.15) is 22.3 Å². The maximum atomic E-state index is 5.80. The molecule has 0 atom stereocenters. The molecule has 108 valence electrons. The minimum Gasteiger partial charge on any atom is -0.384 e. The molecule has 0 fully saturated rings. The number of nitrogens with two attached hydrogens (primary N) is 1. The number of hydrogen-bond acceptors (Lipinski definition) is 2. The fourth-order valence-electron chi connectivity index (χ4n) is 2.53. The van der Waals surface area contributed by atoms with Crippen molar-refractivity contribution < 1.29 is 0 Å². The molecule has 1 heterocycles. The Balaban J connectivity index is 2.18. The molecule has 0 aliphatic carbocycles. The maximum Gasteiger partial charge on any atom is 0.123 e. The fraction of sp³-hybridized carbons (Fsp3) is 0.0500. The first-order valence-electron chi connectivity index (χ1n) is 7.29. The summed E-state index contributed by atoms with van der Waals surface area (Å²) in [6.07, 6.45) is 3.90. The number of anilines is 1. The van der Waals surface area contributed by atoms with Crippen molar-refractivity contribution in [2.24, 2.45) is 0 Å². The predicted octanol–water partition coefficient (Wildman–Crippen LogP) is 4.56. The van der Waals surface area contributed by atoms with Crippen LogP contribution in [0.3, 0.4) is 0 Å². The molecule has 0 aliphatic rings. The topological polar surface area (TPSA) is 38.9 Å². The SMILES string of the molecule is Cc1ccccc1C(=Cc1ccnc(N)c1)c1ccccc1. The Labute approximate surface area is 131 Å². The van der Waals surface area contributed by atoms with E-state index >= 15 is 0 Å². The van der Waals surface area contributed by atoms with Crippen molar-refractivity contribution >= 4 is 17.5 Å². The van der Waals surface area contributed by atoms with Crippen molar-refractivity contribution in [3.63, 3.8) is 0 Å². The highest BCUT2D eigenvalue weighted by Gasteiger charge is 2.07. The lowest BCUT2D eigenvalue weighted by Gasteiger charge is -2.12. The van der Waals surface area contributed by atoms with Crippen LogP contribution in [0, 0.1) is 6.92 Å². The largest absolute Gasteiger partial charge is 0.384 e. The molecule has 0 amide bonds.